The maximum atomic E-state index is 14.7. The fourth-order valence-electron chi connectivity index (χ4n) is 12.7. The Bertz CT molecular complexity index is 1880. The van der Waals surface area contributed by atoms with Gasteiger partial charge in [-0.2, -0.15) is 0 Å². The average molecular weight is 663 g/mol. The highest BCUT2D eigenvalue weighted by Gasteiger charge is 2.90. The topological polar surface area (TPSA) is 98.8 Å². The average Bonchev–Trinajstić information content (AvgIpc) is 3.98. The van der Waals surface area contributed by atoms with E-state index < -0.39 is 23.1 Å². The molecule has 2 saturated heterocycles. The van der Waals surface area contributed by atoms with Crippen molar-refractivity contribution in [3.63, 3.8) is 0 Å². The minimum Gasteiger partial charge on any atom is -0.496 e. The monoisotopic (exact) mass is 662 g/mol. The van der Waals surface area contributed by atoms with Gasteiger partial charge in [-0.15, -0.1) is 0 Å². The highest BCUT2D eigenvalue weighted by molar-refractivity contribution is 6.00. The second-order valence-corrected chi connectivity index (χ2v) is 14.6. The van der Waals surface area contributed by atoms with Gasteiger partial charge in [-0.3, -0.25) is 0 Å². The van der Waals surface area contributed by atoms with E-state index in [4.69, 9.17) is 33.2 Å². The SMILES string of the molecule is COC(=O)C12OC(C(=O)OC)([C@@H]3[C@H]1[C@@H]1C[C@H]3c3c1c(OC)c1ccccc1c3OC)[C@H]1[C@@H]2[C@H]2C[C@@H]1c1c2c(OC)c2ccccc2c1OC. The number of ether oxygens (including phenoxy) is 7. The quantitative estimate of drug-likeness (QED) is 0.223. The molecule has 9 heteroatoms. The molecule has 10 atom stereocenters. The zero-order chi connectivity index (χ0) is 33.7. The third-order valence-electron chi connectivity index (χ3n) is 13.5. The van der Waals surface area contributed by atoms with Gasteiger partial charge in [0.25, 0.3) is 0 Å². The lowest BCUT2D eigenvalue weighted by Gasteiger charge is -2.50. The van der Waals surface area contributed by atoms with Crippen LogP contribution in [-0.4, -0.2) is 65.8 Å². The highest BCUT2D eigenvalue weighted by atomic mass is 16.6. The molecule has 0 spiro atoms. The summed E-state index contributed by atoms with van der Waals surface area (Å²) in [7, 11) is 9.67. The van der Waals surface area contributed by atoms with Crippen molar-refractivity contribution < 1.29 is 42.7 Å². The van der Waals surface area contributed by atoms with E-state index in [9.17, 15) is 9.59 Å². The molecular formula is C40H38O9. The Morgan fingerprint density at radius 3 is 1.00 bits per heavy atom. The third-order valence-corrected chi connectivity index (χ3v) is 13.5. The van der Waals surface area contributed by atoms with Crippen LogP contribution in [0.15, 0.2) is 48.5 Å². The predicted molar refractivity (Wildman–Crippen MR) is 179 cm³/mol. The van der Waals surface area contributed by atoms with E-state index in [0.29, 0.717) is 0 Å². The minimum atomic E-state index is -1.39. The number of benzene rings is 4. The number of carbonyl (C=O) groups excluding carboxylic acids is 2. The second-order valence-electron chi connectivity index (χ2n) is 14.6. The summed E-state index contributed by atoms with van der Waals surface area (Å²) in [6.45, 7) is 0. The highest BCUT2D eigenvalue weighted by Crippen LogP contribution is 2.85. The first-order valence-electron chi connectivity index (χ1n) is 17.1. The first kappa shape index (κ1) is 29.4. The summed E-state index contributed by atoms with van der Waals surface area (Å²) < 4.78 is 43.6. The molecule has 0 radical (unpaired) electrons. The van der Waals surface area contributed by atoms with Crippen molar-refractivity contribution in [2.75, 3.05) is 42.7 Å². The first-order valence-corrected chi connectivity index (χ1v) is 17.1. The molecule has 252 valence electrons. The van der Waals surface area contributed by atoms with Gasteiger partial charge >= 0.3 is 11.9 Å². The van der Waals surface area contributed by atoms with Crippen LogP contribution in [-0.2, 0) is 23.8 Å². The van der Waals surface area contributed by atoms with Crippen molar-refractivity contribution in [1.82, 2.24) is 0 Å². The Kier molecular flexibility index (Phi) is 5.76. The van der Waals surface area contributed by atoms with Crippen LogP contribution in [0.25, 0.3) is 21.5 Å². The first-order chi connectivity index (χ1) is 23.9. The number of carbonyl (C=O) groups is 2. The molecule has 4 aromatic rings. The molecule has 0 amide bonds. The molecule has 2 aliphatic heterocycles. The van der Waals surface area contributed by atoms with Gasteiger partial charge < -0.3 is 33.2 Å². The molecule has 6 aliphatic rings. The van der Waals surface area contributed by atoms with E-state index >= 15 is 0 Å². The predicted octanol–water partition coefficient (Wildman–Crippen LogP) is 6.23. The van der Waals surface area contributed by atoms with Gasteiger partial charge in [0, 0.05) is 67.5 Å². The van der Waals surface area contributed by atoms with Gasteiger partial charge in [-0.1, -0.05) is 48.5 Å². The van der Waals surface area contributed by atoms with Crippen molar-refractivity contribution in [2.45, 2.75) is 47.7 Å². The van der Waals surface area contributed by atoms with Gasteiger partial charge in [-0.25, -0.2) is 9.59 Å². The van der Waals surface area contributed by atoms with Crippen LogP contribution in [0.3, 0.4) is 0 Å². The number of rotatable bonds is 6. The Balaban J connectivity index is 1.28. The van der Waals surface area contributed by atoms with E-state index in [2.05, 4.69) is 24.3 Å². The number of esters is 2. The molecule has 9 nitrogen and oxygen atoms in total. The Morgan fingerprint density at radius 1 is 0.510 bits per heavy atom. The lowest BCUT2D eigenvalue weighted by Crippen LogP contribution is -2.60. The smallest absolute Gasteiger partial charge is 0.338 e. The number of methoxy groups -OCH3 is 6. The summed E-state index contributed by atoms with van der Waals surface area (Å²) in [5, 5.41) is 3.83. The maximum Gasteiger partial charge on any atom is 0.338 e. The normalized spacial score (nSPS) is 34.8. The van der Waals surface area contributed by atoms with Crippen LogP contribution in [0, 0.1) is 23.7 Å². The standard InChI is InChI=1S/C40H38O9/c1-43-33-17-11-7-8-12-18(17)34(44-2)26-22-15-21(25(26)33)29-30(22)40(38(42)48-6)32-24-16-23(31(32)39(29,49-40)37(41)47-5)27-28(24)36(46-4)20-14-10-9-13-19(20)35(27)45-3/h7-14,21-24,29-32H,15-16H2,1-6H3/t21-,22+,23+,24-,29-,30+,31+,32-,39?,40?. The molecule has 2 heterocycles. The van der Waals surface area contributed by atoms with Gasteiger partial charge in [0.2, 0.25) is 0 Å². The largest absolute Gasteiger partial charge is 0.496 e. The van der Waals surface area contributed by atoms with Crippen LogP contribution in [0.2, 0.25) is 0 Å². The van der Waals surface area contributed by atoms with Crippen LogP contribution in [0.5, 0.6) is 23.0 Å². The van der Waals surface area contributed by atoms with Crippen LogP contribution in [0.4, 0.5) is 0 Å². The van der Waals surface area contributed by atoms with E-state index in [1.807, 2.05) is 24.3 Å². The Hall–Kier alpha value is -4.50. The fourth-order valence-corrected chi connectivity index (χ4v) is 12.7. The van der Waals surface area contributed by atoms with Crippen molar-refractivity contribution >= 4 is 33.5 Å². The summed E-state index contributed by atoms with van der Waals surface area (Å²) in [5.41, 5.74) is 1.42. The van der Waals surface area contributed by atoms with Gasteiger partial charge in [-0.05, 0) is 36.5 Å². The Morgan fingerprint density at radius 2 is 0.776 bits per heavy atom. The molecule has 4 fully saturated rings. The summed E-state index contributed by atoms with van der Waals surface area (Å²) in [4.78, 5) is 29.4. The number of fused-ring (bicyclic) bond motifs is 24. The van der Waals surface area contributed by atoms with Gasteiger partial charge in [0.15, 0.2) is 11.2 Å². The molecule has 4 aliphatic carbocycles. The minimum absolute atomic E-state index is 0.128. The van der Waals surface area contributed by atoms with Crippen molar-refractivity contribution in [1.29, 1.82) is 0 Å². The van der Waals surface area contributed by atoms with Gasteiger partial charge in [0.1, 0.15) is 23.0 Å². The molecule has 4 aromatic carbocycles. The second kappa shape index (κ2) is 9.59. The molecule has 2 unspecified atom stereocenters. The molecule has 6 bridgehead atoms. The van der Waals surface area contributed by atoms with E-state index in [0.717, 1.165) is 79.6 Å². The van der Waals surface area contributed by atoms with Crippen molar-refractivity contribution in [3.8, 4) is 23.0 Å². The van der Waals surface area contributed by atoms with Crippen LogP contribution in [0.1, 0.15) is 58.8 Å². The summed E-state index contributed by atoms with van der Waals surface area (Å²) >= 11 is 0. The fraction of sp³-hybridized carbons (Fsp3) is 0.450. The van der Waals surface area contributed by atoms with Crippen molar-refractivity contribution in [2.24, 2.45) is 23.7 Å². The lowest BCUT2D eigenvalue weighted by molar-refractivity contribution is -0.186. The lowest BCUT2D eigenvalue weighted by atomic mass is 9.49. The zero-order valence-electron chi connectivity index (χ0n) is 28.3. The molecule has 49 heavy (non-hydrogen) atoms. The van der Waals surface area contributed by atoms with E-state index in [-0.39, 0.29) is 47.3 Å². The number of hydrogen-bond donors (Lipinski definition) is 0. The molecular weight excluding hydrogens is 624 g/mol. The van der Waals surface area contributed by atoms with Crippen molar-refractivity contribution in [3.05, 3.63) is 70.8 Å². The Labute approximate surface area is 283 Å². The number of hydrogen-bond acceptors (Lipinski definition) is 9. The van der Waals surface area contributed by atoms with Crippen LogP contribution < -0.4 is 18.9 Å². The van der Waals surface area contributed by atoms with E-state index in [1.165, 1.54) is 14.2 Å². The van der Waals surface area contributed by atoms with E-state index in [1.54, 1.807) is 28.4 Å². The molecule has 0 N–H and O–H groups in total. The molecule has 0 aromatic heterocycles. The van der Waals surface area contributed by atoms with Crippen LogP contribution >= 0.6 is 0 Å². The zero-order valence-corrected chi connectivity index (χ0v) is 28.3. The maximum absolute atomic E-state index is 14.7. The summed E-state index contributed by atoms with van der Waals surface area (Å²) in [6.07, 6.45) is 1.49. The molecule has 2 saturated carbocycles. The third kappa shape index (κ3) is 2.94. The summed E-state index contributed by atoms with van der Waals surface area (Å²) in [5.74, 6) is 0.441. The van der Waals surface area contributed by atoms with Gasteiger partial charge in [0.05, 0.1) is 42.7 Å². The molecule has 10 rings (SSSR count). The summed E-state index contributed by atoms with van der Waals surface area (Å²) in [6, 6.07) is 16.2.